The Kier molecular flexibility index (Phi) is 3.87. The third-order valence-electron chi connectivity index (χ3n) is 7.15. The van der Waals surface area contributed by atoms with E-state index in [-0.39, 0.29) is 17.3 Å². The summed E-state index contributed by atoms with van der Waals surface area (Å²) in [5, 5.41) is 6.36. The van der Waals surface area contributed by atoms with Gasteiger partial charge in [0.05, 0.1) is 12.3 Å². The summed E-state index contributed by atoms with van der Waals surface area (Å²) < 4.78 is 0. The molecule has 0 saturated carbocycles. The normalized spacial score (nSPS) is 24.4. The van der Waals surface area contributed by atoms with Crippen LogP contribution in [0.4, 0.5) is 0 Å². The zero-order chi connectivity index (χ0) is 22.0. The molecular weight excluding hydrogens is 400 g/mol. The van der Waals surface area contributed by atoms with Gasteiger partial charge in [0.1, 0.15) is 11.5 Å². The Morgan fingerprint density at radius 3 is 2.09 bits per heavy atom. The number of Topliss-reactive ketones (excluding diaryl/α,β-unsaturated/α-hetero) is 3. The summed E-state index contributed by atoms with van der Waals surface area (Å²) in [6.07, 6.45) is 1.72. The van der Waals surface area contributed by atoms with Crippen molar-refractivity contribution in [3.8, 4) is 0 Å². The van der Waals surface area contributed by atoms with E-state index in [1.54, 1.807) is 35.5 Å². The lowest BCUT2D eigenvalue weighted by Crippen LogP contribution is -2.43. The molecule has 2 aliphatic heterocycles. The quantitative estimate of drug-likeness (QED) is 0.583. The number of carbonyl (C=O) groups excluding carboxylic acids is 3. The fourth-order valence-electron chi connectivity index (χ4n) is 5.96. The fourth-order valence-corrected chi connectivity index (χ4v) is 5.96. The van der Waals surface area contributed by atoms with Gasteiger partial charge in [0.25, 0.3) is 0 Å². The molecule has 0 N–H and O–H groups in total. The smallest absolute Gasteiger partial charge is 0.180 e. The highest BCUT2D eigenvalue weighted by Gasteiger charge is 2.72. The minimum absolute atomic E-state index is 0.117. The molecule has 3 atom stereocenters. The number of rotatable bonds is 2. The summed E-state index contributed by atoms with van der Waals surface area (Å²) >= 11 is 0. The summed E-state index contributed by atoms with van der Waals surface area (Å²) in [7, 11) is 0. The van der Waals surface area contributed by atoms with E-state index >= 15 is 0 Å². The molecule has 0 amide bonds. The molecule has 3 aromatic rings. The third kappa shape index (κ3) is 2.18. The second kappa shape index (κ2) is 6.57. The number of hydrogen-bond acceptors (Lipinski definition) is 5. The van der Waals surface area contributed by atoms with E-state index in [9.17, 15) is 14.4 Å². The third-order valence-corrected chi connectivity index (χ3v) is 7.15. The first-order valence-corrected chi connectivity index (χ1v) is 10.7. The van der Waals surface area contributed by atoms with Crippen molar-refractivity contribution in [2.45, 2.75) is 24.9 Å². The van der Waals surface area contributed by atoms with Gasteiger partial charge < -0.3 is 0 Å². The summed E-state index contributed by atoms with van der Waals surface area (Å²) in [5.41, 5.74) is 1.89. The van der Waals surface area contributed by atoms with Crippen LogP contribution in [0.3, 0.4) is 0 Å². The van der Waals surface area contributed by atoms with Crippen LogP contribution in [0, 0.1) is 5.41 Å². The molecule has 0 radical (unpaired) electrons. The van der Waals surface area contributed by atoms with Crippen molar-refractivity contribution in [2.24, 2.45) is 10.5 Å². The van der Waals surface area contributed by atoms with Crippen molar-refractivity contribution in [1.82, 2.24) is 5.01 Å². The topological polar surface area (TPSA) is 66.8 Å². The summed E-state index contributed by atoms with van der Waals surface area (Å²) in [6, 6.07) is 22.7. The van der Waals surface area contributed by atoms with Gasteiger partial charge in [0, 0.05) is 17.0 Å². The average molecular weight is 420 g/mol. The molecule has 2 heterocycles. The van der Waals surface area contributed by atoms with Crippen LogP contribution in [0.1, 0.15) is 56.3 Å². The molecule has 3 aliphatic rings. The highest BCUT2D eigenvalue weighted by Crippen LogP contribution is 2.64. The van der Waals surface area contributed by atoms with Gasteiger partial charge in [0.15, 0.2) is 17.3 Å². The minimum atomic E-state index is -1.46. The second-order valence-electron chi connectivity index (χ2n) is 8.67. The molecule has 32 heavy (non-hydrogen) atoms. The number of nitrogens with zero attached hydrogens (tertiary/aromatic N) is 2. The summed E-state index contributed by atoms with van der Waals surface area (Å²) in [6.45, 7) is 1.52. The fraction of sp³-hybridized carbons (Fsp3) is 0.185. The lowest BCUT2D eigenvalue weighted by Gasteiger charge is -2.36. The average Bonchev–Trinajstić information content (AvgIpc) is 3.26. The van der Waals surface area contributed by atoms with Gasteiger partial charge in [-0.25, -0.2) is 0 Å². The largest absolute Gasteiger partial charge is 0.298 e. The molecule has 3 aromatic carbocycles. The Bertz CT molecular complexity index is 1290. The van der Waals surface area contributed by atoms with Crippen molar-refractivity contribution >= 4 is 23.6 Å². The van der Waals surface area contributed by atoms with Crippen LogP contribution in [0.5, 0.6) is 0 Å². The van der Waals surface area contributed by atoms with E-state index in [0.717, 1.165) is 16.7 Å². The number of hydrazone groups is 1. The molecule has 5 heteroatoms. The molecular formula is C27H20N2O3. The van der Waals surface area contributed by atoms with E-state index in [1.807, 2.05) is 54.6 Å². The molecule has 1 fully saturated rings. The highest BCUT2D eigenvalue weighted by atomic mass is 16.2. The zero-order valence-corrected chi connectivity index (χ0v) is 17.4. The monoisotopic (exact) mass is 420 g/mol. The van der Waals surface area contributed by atoms with Crippen LogP contribution in [0.2, 0.25) is 0 Å². The van der Waals surface area contributed by atoms with Crippen LogP contribution < -0.4 is 0 Å². The lowest BCUT2D eigenvalue weighted by atomic mass is 9.63. The zero-order valence-electron chi connectivity index (χ0n) is 17.4. The number of fused-ring (bicyclic) bond motifs is 5. The molecule has 5 nitrogen and oxygen atoms in total. The van der Waals surface area contributed by atoms with Gasteiger partial charge >= 0.3 is 0 Å². The number of carbonyl (C=O) groups is 3. The van der Waals surface area contributed by atoms with Crippen molar-refractivity contribution in [1.29, 1.82) is 0 Å². The molecule has 0 bridgehead atoms. The van der Waals surface area contributed by atoms with Crippen LogP contribution in [-0.4, -0.2) is 34.6 Å². The molecule has 6 rings (SSSR count). The van der Waals surface area contributed by atoms with Crippen molar-refractivity contribution in [3.05, 3.63) is 107 Å². The SMILES string of the molecule is CC(=O)[C@@H]1[C@H](c2ccccc2)C2(C(=O)c3ccccc3C2=O)[C@@H]2c3ccccc3C=NN12. The predicted octanol–water partition coefficient (Wildman–Crippen LogP) is 4.20. The Labute approximate surface area is 185 Å². The van der Waals surface area contributed by atoms with Crippen LogP contribution in [0.25, 0.3) is 0 Å². The molecule has 1 aliphatic carbocycles. The Morgan fingerprint density at radius 1 is 0.844 bits per heavy atom. The van der Waals surface area contributed by atoms with Crippen molar-refractivity contribution < 1.29 is 14.4 Å². The molecule has 0 aromatic heterocycles. The van der Waals surface area contributed by atoms with Crippen LogP contribution in [-0.2, 0) is 4.79 Å². The predicted molar refractivity (Wildman–Crippen MR) is 120 cm³/mol. The van der Waals surface area contributed by atoms with E-state index in [1.165, 1.54) is 6.92 Å². The van der Waals surface area contributed by atoms with Crippen molar-refractivity contribution in [3.63, 3.8) is 0 Å². The lowest BCUT2D eigenvalue weighted by molar-refractivity contribution is -0.122. The van der Waals surface area contributed by atoms with Gasteiger partial charge in [0.2, 0.25) is 0 Å². The maximum Gasteiger partial charge on any atom is 0.180 e. The van der Waals surface area contributed by atoms with Crippen LogP contribution in [0.15, 0.2) is 84.0 Å². The van der Waals surface area contributed by atoms with Gasteiger partial charge in [-0.15, -0.1) is 0 Å². The maximum atomic E-state index is 14.2. The highest BCUT2D eigenvalue weighted by molar-refractivity contribution is 6.31. The van der Waals surface area contributed by atoms with Gasteiger partial charge in [-0.2, -0.15) is 5.10 Å². The van der Waals surface area contributed by atoms with Crippen LogP contribution >= 0.6 is 0 Å². The summed E-state index contributed by atoms with van der Waals surface area (Å²) in [5.74, 6) is -1.22. The number of hydrogen-bond donors (Lipinski definition) is 0. The van der Waals surface area contributed by atoms with E-state index in [4.69, 9.17) is 0 Å². The van der Waals surface area contributed by atoms with E-state index in [0.29, 0.717) is 11.1 Å². The molecule has 1 spiro atoms. The molecule has 156 valence electrons. The minimum Gasteiger partial charge on any atom is -0.298 e. The van der Waals surface area contributed by atoms with Crippen molar-refractivity contribution in [2.75, 3.05) is 0 Å². The first-order valence-electron chi connectivity index (χ1n) is 10.7. The summed E-state index contributed by atoms with van der Waals surface area (Å²) in [4.78, 5) is 41.6. The number of benzene rings is 3. The van der Waals surface area contributed by atoms with E-state index in [2.05, 4.69) is 5.10 Å². The second-order valence-corrected chi connectivity index (χ2v) is 8.67. The standard InChI is InChI=1S/C27H20N2O3/c1-16(30)23-22(17-9-3-2-4-10-17)27(25(31)20-13-7-8-14-21(20)26(27)32)24-19-12-6-5-11-18(19)15-28-29(23)24/h2-15,22-24H,1H3/t22-,23+,24-/m0/s1. The molecule has 1 saturated heterocycles. The van der Waals surface area contributed by atoms with Gasteiger partial charge in [-0.05, 0) is 23.6 Å². The van der Waals surface area contributed by atoms with Gasteiger partial charge in [-0.3, -0.25) is 19.4 Å². The molecule has 0 unspecified atom stereocenters. The Balaban J connectivity index is 1.72. The number of ketones is 3. The van der Waals surface area contributed by atoms with E-state index < -0.39 is 23.4 Å². The Morgan fingerprint density at radius 2 is 1.44 bits per heavy atom. The maximum absolute atomic E-state index is 14.2. The van der Waals surface area contributed by atoms with Gasteiger partial charge in [-0.1, -0.05) is 78.9 Å². The Hall–Kier alpha value is -3.86. The first kappa shape index (κ1) is 18.9. The first-order chi connectivity index (χ1) is 15.6.